The van der Waals surface area contributed by atoms with Crippen LogP contribution in [0.4, 0.5) is 4.39 Å². The number of hydrogen-bond donors (Lipinski definition) is 0. The average Bonchev–Trinajstić information content (AvgIpc) is 2.47. The number of ether oxygens (including phenoxy) is 1. The Bertz CT molecular complexity index is 686. The van der Waals surface area contributed by atoms with Crippen LogP contribution in [0, 0.1) is 5.82 Å². The van der Waals surface area contributed by atoms with Gasteiger partial charge in [0.15, 0.2) is 0 Å². The molecule has 0 aliphatic heterocycles. The molecule has 0 spiro atoms. The second-order valence-electron chi connectivity index (χ2n) is 4.25. The van der Waals surface area contributed by atoms with Crippen molar-refractivity contribution in [2.75, 3.05) is 7.11 Å². The summed E-state index contributed by atoms with van der Waals surface area (Å²) in [5, 5.41) is 0. The first kappa shape index (κ1) is 15.9. The van der Waals surface area contributed by atoms with Crippen molar-refractivity contribution in [3.8, 4) is 0 Å². The summed E-state index contributed by atoms with van der Waals surface area (Å²) < 4.78 is 31.4. The van der Waals surface area contributed by atoms with Crippen LogP contribution in [0.5, 0.6) is 0 Å². The fraction of sp³-hybridized carbons (Fsp3) is 0.133. The first-order chi connectivity index (χ1) is 10.0. The number of benzene rings is 2. The molecule has 0 heterocycles. The summed E-state index contributed by atoms with van der Waals surface area (Å²) in [6.45, 7) is 0. The van der Waals surface area contributed by atoms with E-state index >= 15 is 0 Å². The molecular weight excluding hydrogens is 359 g/mol. The number of carbonyl (C=O) groups excluding carboxylic acids is 1. The third-order valence-electron chi connectivity index (χ3n) is 2.81. The van der Waals surface area contributed by atoms with Crippen molar-refractivity contribution in [2.45, 2.75) is 10.6 Å². The van der Waals surface area contributed by atoms with Gasteiger partial charge in [0.1, 0.15) is 5.82 Å². The Labute approximate surface area is 132 Å². The van der Waals surface area contributed by atoms with Crippen LogP contribution in [-0.2, 0) is 21.3 Å². The summed E-state index contributed by atoms with van der Waals surface area (Å²) in [5.41, 5.74) is 0.428. The second-order valence-corrected chi connectivity index (χ2v) is 6.62. The summed E-state index contributed by atoms with van der Waals surface area (Å²) in [6, 6.07) is 11.2. The van der Waals surface area contributed by atoms with Crippen molar-refractivity contribution >= 4 is 32.7 Å². The lowest BCUT2D eigenvalue weighted by Crippen LogP contribution is -2.05. The van der Waals surface area contributed by atoms with Crippen LogP contribution >= 0.6 is 15.9 Å². The Balaban J connectivity index is 2.16. The number of hydrogen-bond acceptors (Lipinski definition) is 3. The molecule has 2 aromatic carbocycles. The van der Waals surface area contributed by atoms with E-state index in [-0.39, 0.29) is 11.3 Å². The standard InChI is InChI=1S/C15H12BrFO3S/c1-20-15(18)13-7-2-10(8-14(13)17)9-21(19)12-5-3-11(16)4-6-12/h2-8H,9H2,1H3. The van der Waals surface area contributed by atoms with Gasteiger partial charge >= 0.3 is 5.97 Å². The molecule has 6 heteroatoms. The molecule has 1 atom stereocenters. The minimum atomic E-state index is -1.27. The summed E-state index contributed by atoms with van der Waals surface area (Å²) >= 11 is 3.31. The van der Waals surface area contributed by atoms with E-state index < -0.39 is 22.6 Å². The maximum atomic E-state index is 13.8. The van der Waals surface area contributed by atoms with Gasteiger partial charge in [-0.15, -0.1) is 0 Å². The molecule has 110 valence electrons. The van der Waals surface area contributed by atoms with Crippen LogP contribution in [0.2, 0.25) is 0 Å². The number of halogens is 2. The van der Waals surface area contributed by atoms with Crippen molar-refractivity contribution < 1.29 is 18.1 Å². The smallest absolute Gasteiger partial charge is 0.340 e. The Morgan fingerprint density at radius 1 is 1.24 bits per heavy atom. The summed E-state index contributed by atoms with van der Waals surface area (Å²) in [5.74, 6) is -1.22. The van der Waals surface area contributed by atoms with E-state index in [1.54, 1.807) is 30.3 Å². The molecule has 0 aliphatic carbocycles. The Kier molecular flexibility index (Phi) is 5.25. The average molecular weight is 371 g/mol. The SMILES string of the molecule is COC(=O)c1ccc(CS(=O)c2ccc(Br)cc2)cc1F. The van der Waals surface area contributed by atoms with Gasteiger partial charge in [0.25, 0.3) is 0 Å². The predicted molar refractivity (Wildman–Crippen MR) is 82.0 cm³/mol. The molecule has 0 amide bonds. The summed E-state index contributed by atoms with van der Waals surface area (Å²) in [7, 11) is -0.0810. The van der Waals surface area contributed by atoms with Crippen molar-refractivity contribution in [2.24, 2.45) is 0 Å². The predicted octanol–water partition coefficient (Wildman–Crippen LogP) is 3.68. The Hall–Kier alpha value is -1.53. The number of rotatable bonds is 4. The molecule has 0 saturated heterocycles. The number of esters is 1. The summed E-state index contributed by atoms with van der Waals surface area (Å²) in [4.78, 5) is 12.0. The lowest BCUT2D eigenvalue weighted by atomic mass is 10.1. The van der Waals surface area contributed by atoms with Gasteiger partial charge in [-0.3, -0.25) is 4.21 Å². The molecule has 1 unspecified atom stereocenters. The van der Waals surface area contributed by atoms with Crippen LogP contribution < -0.4 is 0 Å². The molecular formula is C15H12BrFO3S. The number of methoxy groups -OCH3 is 1. The van der Waals surface area contributed by atoms with Gasteiger partial charge in [0.05, 0.1) is 29.2 Å². The van der Waals surface area contributed by atoms with Gasteiger partial charge in [-0.05, 0) is 42.0 Å². The zero-order valence-corrected chi connectivity index (χ0v) is 13.5. The second kappa shape index (κ2) is 6.95. The lowest BCUT2D eigenvalue weighted by molar-refractivity contribution is 0.0595. The van der Waals surface area contributed by atoms with Crippen LogP contribution in [0.1, 0.15) is 15.9 Å². The molecule has 0 fully saturated rings. The van der Waals surface area contributed by atoms with E-state index in [4.69, 9.17) is 0 Å². The van der Waals surface area contributed by atoms with Gasteiger partial charge < -0.3 is 4.74 Å². The van der Waals surface area contributed by atoms with E-state index in [0.29, 0.717) is 10.5 Å². The van der Waals surface area contributed by atoms with Gasteiger partial charge in [0, 0.05) is 9.37 Å². The van der Waals surface area contributed by atoms with Gasteiger partial charge in [-0.2, -0.15) is 0 Å². The van der Waals surface area contributed by atoms with Crippen molar-refractivity contribution in [3.63, 3.8) is 0 Å². The molecule has 0 bridgehead atoms. The summed E-state index contributed by atoms with van der Waals surface area (Å²) in [6.07, 6.45) is 0. The number of carbonyl (C=O) groups is 1. The molecule has 0 N–H and O–H groups in total. The quantitative estimate of drug-likeness (QED) is 0.771. The maximum absolute atomic E-state index is 13.8. The molecule has 2 aromatic rings. The lowest BCUT2D eigenvalue weighted by Gasteiger charge is -2.06. The topological polar surface area (TPSA) is 43.4 Å². The fourth-order valence-corrected chi connectivity index (χ4v) is 3.10. The molecule has 0 aliphatic rings. The molecule has 0 radical (unpaired) electrons. The van der Waals surface area contributed by atoms with Gasteiger partial charge in [-0.1, -0.05) is 22.0 Å². The third-order valence-corrected chi connectivity index (χ3v) is 4.74. The normalized spacial score (nSPS) is 12.0. The van der Waals surface area contributed by atoms with E-state index in [2.05, 4.69) is 20.7 Å². The van der Waals surface area contributed by atoms with E-state index in [9.17, 15) is 13.4 Å². The highest BCUT2D eigenvalue weighted by Crippen LogP contribution is 2.18. The Morgan fingerprint density at radius 3 is 2.48 bits per heavy atom. The van der Waals surface area contributed by atoms with Crippen molar-refractivity contribution in [1.82, 2.24) is 0 Å². The van der Waals surface area contributed by atoms with Gasteiger partial charge in [0.2, 0.25) is 0 Å². The van der Waals surface area contributed by atoms with E-state index in [0.717, 1.165) is 4.47 Å². The fourth-order valence-electron chi connectivity index (χ4n) is 1.74. The minimum Gasteiger partial charge on any atom is -0.465 e. The largest absolute Gasteiger partial charge is 0.465 e. The van der Waals surface area contributed by atoms with E-state index in [1.807, 2.05) is 0 Å². The first-order valence-corrected chi connectivity index (χ1v) is 8.13. The van der Waals surface area contributed by atoms with Crippen LogP contribution in [0.15, 0.2) is 51.8 Å². The minimum absolute atomic E-state index is 0.129. The monoisotopic (exact) mass is 370 g/mol. The third kappa shape index (κ3) is 3.98. The van der Waals surface area contributed by atoms with Crippen molar-refractivity contribution in [1.29, 1.82) is 0 Å². The maximum Gasteiger partial charge on any atom is 0.340 e. The molecule has 3 nitrogen and oxygen atoms in total. The van der Waals surface area contributed by atoms with Crippen LogP contribution in [0.3, 0.4) is 0 Å². The highest BCUT2D eigenvalue weighted by molar-refractivity contribution is 9.10. The van der Waals surface area contributed by atoms with Crippen LogP contribution in [-0.4, -0.2) is 17.3 Å². The van der Waals surface area contributed by atoms with Crippen LogP contribution in [0.25, 0.3) is 0 Å². The molecule has 21 heavy (non-hydrogen) atoms. The van der Waals surface area contributed by atoms with Gasteiger partial charge in [-0.25, -0.2) is 9.18 Å². The highest BCUT2D eigenvalue weighted by Gasteiger charge is 2.13. The molecule has 2 rings (SSSR count). The Morgan fingerprint density at radius 2 is 1.90 bits per heavy atom. The first-order valence-electron chi connectivity index (χ1n) is 6.02. The highest BCUT2D eigenvalue weighted by atomic mass is 79.9. The zero-order chi connectivity index (χ0) is 15.4. The van der Waals surface area contributed by atoms with E-state index in [1.165, 1.54) is 19.2 Å². The van der Waals surface area contributed by atoms with Crippen molar-refractivity contribution in [3.05, 3.63) is 63.9 Å². The zero-order valence-electron chi connectivity index (χ0n) is 11.1. The molecule has 0 aromatic heterocycles. The molecule has 0 saturated carbocycles.